The molecule has 2 nitrogen and oxygen atoms in total. The van der Waals surface area contributed by atoms with Crippen molar-refractivity contribution in [1.82, 2.24) is 9.80 Å². The molecule has 20 heavy (non-hydrogen) atoms. The average molecular weight is 337 g/mol. The van der Waals surface area contributed by atoms with Crippen LogP contribution in [0.4, 0.5) is 0 Å². The van der Waals surface area contributed by atoms with E-state index in [9.17, 15) is 0 Å². The molecular weight excluding hydrogens is 312 g/mol. The lowest BCUT2D eigenvalue weighted by Crippen LogP contribution is -2.45. The van der Waals surface area contributed by atoms with E-state index in [1.807, 2.05) is 0 Å². The Hall–Kier alpha value is -0.800. The van der Waals surface area contributed by atoms with Crippen LogP contribution in [-0.4, -0.2) is 36.0 Å². The molecule has 0 bridgehead atoms. The van der Waals surface area contributed by atoms with Gasteiger partial charge in [-0.1, -0.05) is 42.4 Å². The molecule has 0 atom stereocenters. The molecular formula is C17H25BrN2. The first-order valence-corrected chi connectivity index (χ1v) is 8.15. The van der Waals surface area contributed by atoms with Gasteiger partial charge in [0.1, 0.15) is 0 Å². The standard InChI is InChI=1S/C17H25BrN2/c1-13(2)10-19-7-8-20(15(4)11-19)12-16-5-6-17(18)9-14(16)3/h5-6,9,13H,4,7-8,10-12H2,1-3H3. The van der Waals surface area contributed by atoms with Gasteiger partial charge in [-0.3, -0.25) is 4.90 Å². The Bertz CT molecular complexity index is 482. The van der Waals surface area contributed by atoms with E-state index in [-0.39, 0.29) is 0 Å². The number of benzene rings is 1. The van der Waals surface area contributed by atoms with Crippen molar-refractivity contribution < 1.29 is 0 Å². The molecule has 0 unspecified atom stereocenters. The number of halogens is 1. The minimum Gasteiger partial charge on any atom is -0.369 e. The molecule has 1 saturated heterocycles. The topological polar surface area (TPSA) is 6.48 Å². The third kappa shape index (κ3) is 4.10. The number of nitrogens with zero attached hydrogens (tertiary/aromatic N) is 2. The molecule has 2 rings (SSSR count). The Morgan fingerprint density at radius 1 is 1.30 bits per heavy atom. The van der Waals surface area contributed by atoms with Crippen LogP contribution in [-0.2, 0) is 6.54 Å². The van der Waals surface area contributed by atoms with Gasteiger partial charge in [-0.15, -0.1) is 0 Å². The van der Waals surface area contributed by atoms with Crippen LogP contribution in [0.1, 0.15) is 25.0 Å². The Morgan fingerprint density at radius 2 is 2.05 bits per heavy atom. The van der Waals surface area contributed by atoms with Crippen molar-refractivity contribution in [2.75, 3.05) is 26.2 Å². The van der Waals surface area contributed by atoms with Crippen LogP contribution < -0.4 is 0 Å². The molecule has 1 aromatic carbocycles. The fourth-order valence-corrected chi connectivity index (χ4v) is 3.24. The fourth-order valence-electron chi connectivity index (χ4n) is 2.76. The summed E-state index contributed by atoms with van der Waals surface area (Å²) in [5, 5.41) is 0. The van der Waals surface area contributed by atoms with E-state index in [4.69, 9.17) is 0 Å². The molecule has 0 aromatic heterocycles. The van der Waals surface area contributed by atoms with Gasteiger partial charge in [0.05, 0.1) is 0 Å². The summed E-state index contributed by atoms with van der Waals surface area (Å²) in [5.74, 6) is 0.725. The maximum Gasteiger partial charge on any atom is 0.0429 e. The molecule has 0 amide bonds. The maximum atomic E-state index is 4.27. The maximum absolute atomic E-state index is 4.27. The lowest BCUT2D eigenvalue weighted by atomic mass is 10.1. The van der Waals surface area contributed by atoms with E-state index in [2.05, 4.69) is 71.3 Å². The molecule has 1 aliphatic rings. The van der Waals surface area contributed by atoms with Crippen molar-refractivity contribution in [3.63, 3.8) is 0 Å². The van der Waals surface area contributed by atoms with E-state index >= 15 is 0 Å². The molecule has 3 heteroatoms. The molecule has 1 aliphatic heterocycles. The highest BCUT2D eigenvalue weighted by molar-refractivity contribution is 9.10. The van der Waals surface area contributed by atoms with Crippen LogP contribution in [0.2, 0.25) is 0 Å². The molecule has 0 radical (unpaired) electrons. The second kappa shape index (κ2) is 6.77. The fraction of sp³-hybridized carbons (Fsp3) is 0.529. The zero-order valence-corrected chi connectivity index (χ0v) is 14.4. The highest BCUT2D eigenvalue weighted by atomic mass is 79.9. The van der Waals surface area contributed by atoms with Gasteiger partial charge < -0.3 is 4.90 Å². The first-order valence-electron chi connectivity index (χ1n) is 7.36. The van der Waals surface area contributed by atoms with Gasteiger partial charge in [0.15, 0.2) is 0 Å². The van der Waals surface area contributed by atoms with Gasteiger partial charge in [-0.2, -0.15) is 0 Å². The van der Waals surface area contributed by atoms with Crippen molar-refractivity contribution >= 4 is 15.9 Å². The predicted molar refractivity (Wildman–Crippen MR) is 89.7 cm³/mol. The van der Waals surface area contributed by atoms with Gasteiger partial charge >= 0.3 is 0 Å². The third-order valence-corrected chi connectivity index (χ3v) is 4.32. The monoisotopic (exact) mass is 336 g/mol. The zero-order valence-electron chi connectivity index (χ0n) is 12.8. The second-order valence-electron chi connectivity index (χ2n) is 6.19. The lowest BCUT2D eigenvalue weighted by molar-refractivity contribution is 0.159. The van der Waals surface area contributed by atoms with Gasteiger partial charge in [0, 0.05) is 42.9 Å². The van der Waals surface area contributed by atoms with Gasteiger partial charge in [-0.05, 0) is 36.1 Å². The highest BCUT2D eigenvalue weighted by Gasteiger charge is 2.20. The predicted octanol–water partition coefficient (Wildman–Crippen LogP) is 4.04. The number of hydrogen-bond acceptors (Lipinski definition) is 2. The summed E-state index contributed by atoms with van der Waals surface area (Å²) >= 11 is 3.53. The Balaban J connectivity index is 1.96. The van der Waals surface area contributed by atoms with Crippen LogP contribution >= 0.6 is 15.9 Å². The minimum absolute atomic E-state index is 0.725. The summed E-state index contributed by atoms with van der Waals surface area (Å²) < 4.78 is 1.15. The van der Waals surface area contributed by atoms with Crippen LogP contribution in [0.15, 0.2) is 34.9 Å². The quantitative estimate of drug-likeness (QED) is 0.818. The van der Waals surface area contributed by atoms with Crippen molar-refractivity contribution in [3.8, 4) is 0 Å². The summed E-state index contributed by atoms with van der Waals surface area (Å²) in [4.78, 5) is 4.94. The van der Waals surface area contributed by atoms with Gasteiger partial charge in [-0.25, -0.2) is 0 Å². The molecule has 0 spiro atoms. The second-order valence-corrected chi connectivity index (χ2v) is 7.10. The van der Waals surface area contributed by atoms with E-state index in [0.717, 1.165) is 36.6 Å². The third-order valence-electron chi connectivity index (χ3n) is 3.83. The van der Waals surface area contributed by atoms with E-state index in [1.54, 1.807) is 0 Å². The molecule has 0 aliphatic carbocycles. The smallest absolute Gasteiger partial charge is 0.0429 e. The number of piperazine rings is 1. The summed E-state index contributed by atoms with van der Waals surface area (Å²) in [5.41, 5.74) is 3.99. The van der Waals surface area contributed by atoms with Crippen molar-refractivity contribution in [2.24, 2.45) is 5.92 Å². The Morgan fingerprint density at radius 3 is 2.65 bits per heavy atom. The van der Waals surface area contributed by atoms with E-state index in [1.165, 1.54) is 23.4 Å². The van der Waals surface area contributed by atoms with Crippen molar-refractivity contribution in [1.29, 1.82) is 0 Å². The number of aryl methyl sites for hydroxylation is 1. The molecule has 0 saturated carbocycles. The lowest BCUT2D eigenvalue weighted by Gasteiger charge is -2.38. The number of rotatable bonds is 4. The highest BCUT2D eigenvalue weighted by Crippen LogP contribution is 2.21. The normalized spacial score (nSPS) is 17.1. The Labute approximate surface area is 131 Å². The molecule has 1 aromatic rings. The average Bonchev–Trinajstić information content (AvgIpc) is 2.34. The van der Waals surface area contributed by atoms with Crippen molar-refractivity contribution in [2.45, 2.75) is 27.3 Å². The van der Waals surface area contributed by atoms with E-state index < -0.39 is 0 Å². The van der Waals surface area contributed by atoms with Gasteiger partial charge in [0.2, 0.25) is 0 Å². The summed E-state index contributed by atoms with van der Waals surface area (Å²) in [6.45, 7) is 16.4. The van der Waals surface area contributed by atoms with Crippen LogP contribution in [0.5, 0.6) is 0 Å². The first kappa shape index (κ1) is 15.6. The number of hydrogen-bond donors (Lipinski definition) is 0. The molecule has 0 N–H and O–H groups in total. The molecule has 110 valence electrons. The van der Waals surface area contributed by atoms with Crippen LogP contribution in [0, 0.1) is 12.8 Å². The first-order chi connectivity index (χ1) is 9.45. The van der Waals surface area contributed by atoms with Gasteiger partial charge in [0.25, 0.3) is 0 Å². The Kier molecular flexibility index (Phi) is 5.28. The van der Waals surface area contributed by atoms with E-state index in [0.29, 0.717) is 0 Å². The van der Waals surface area contributed by atoms with Crippen LogP contribution in [0.3, 0.4) is 0 Å². The minimum atomic E-state index is 0.725. The molecule has 1 heterocycles. The summed E-state index contributed by atoms with van der Waals surface area (Å²) in [6, 6.07) is 6.53. The van der Waals surface area contributed by atoms with Crippen molar-refractivity contribution in [3.05, 3.63) is 46.1 Å². The zero-order chi connectivity index (χ0) is 14.7. The van der Waals surface area contributed by atoms with Crippen LogP contribution in [0.25, 0.3) is 0 Å². The summed E-state index contributed by atoms with van der Waals surface area (Å²) in [6.07, 6.45) is 0. The summed E-state index contributed by atoms with van der Waals surface area (Å²) in [7, 11) is 0. The molecule has 1 fully saturated rings. The SMILES string of the molecule is C=C1CN(CC(C)C)CCN1Cc1ccc(Br)cc1C. The largest absolute Gasteiger partial charge is 0.369 e.